The van der Waals surface area contributed by atoms with E-state index >= 15 is 0 Å². The number of rotatable bonds is 5. The summed E-state index contributed by atoms with van der Waals surface area (Å²) in [6.07, 6.45) is 3.46. The SMILES string of the molecule is O=C(Nc1cccc(S(=O)(=O)N2CCOCC2)c1)C1(c2ccc(Cl)cc2)CCCC1. The van der Waals surface area contributed by atoms with Crippen molar-refractivity contribution in [1.29, 1.82) is 0 Å². The topological polar surface area (TPSA) is 75.7 Å². The Morgan fingerprint density at radius 1 is 1.03 bits per heavy atom. The predicted octanol–water partition coefficient (Wildman–Crippen LogP) is 3.81. The number of ether oxygens (including phenoxy) is 1. The highest BCUT2D eigenvalue weighted by Gasteiger charge is 2.42. The summed E-state index contributed by atoms with van der Waals surface area (Å²) >= 11 is 6.03. The number of amides is 1. The smallest absolute Gasteiger partial charge is 0.243 e. The lowest BCUT2D eigenvalue weighted by molar-refractivity contribution is -0.121. The maximum atomic E-state index is 13.4. The first-order valence-corrected chi connectivity index (χ1v) is 12.0. The molecule has 1 saturated heterocycles. The van der Waals surface area contributed by atoms with Crippen molar-refractivity contribution in [3.8, 4) is 0 Å². The second-order valence-corrected chi connectivity index (χ2v) is 10.2. The summed E-state index contributed by atoms with van der Waals surface area (Å²) < 4.78 is 32.6. The summed E-state index contributed by atoms with van der Waals surface area (Å²) in [4.78, 5) is 13.5. The number of morpholine rings is 1. The van der Waals surface area contributed by atoms with Crippen LogP contribution < -0.4 is 5.32 Å². The monoisotopic (exact) mass is 448 g/mol. The lowest BCUT2D eigenvalue weighted by Gasteiger charge is -2.29. The maximum absolute atomic E-state index is 13.4. The number of hydrogen-bond donors (Lipinski definition) is 1. The van der Waals surface area contributed by atoms with E-state index in [0.717, 1.165) is 31.2 Å². The molecule has 30 heavy (non-hydrogen) atoms. The second-order valence-electron chi connectivity index (χ2n) is 7.79. The third kappa shape index (κ3) is 4.12. The van der Waals surface area contributed by atoms with Crippen LogP contribution >= 0.6 is 11.6 Å². The van der Waals surface area contributed by atoms with Gasteiger partial charge in [0.15, 0.2) is 0 Å². The molecular formula is C22H25ClN2O4S. The van der Waals surface area contributed by atoms with Gasteiger partial charge in [0, 0.05) is 23.8 Å². The molecule has 1 aliphatic heterocycles. The number of carbonyl (C=O) groups excluding carboxylic acids is 1. The number of nitrogens with zero attached hydrogens (tertiary/aromatic N) is 1. The van der Waals surface area contributed by atoms with E-state index < -0.39 is 15.4 Å². The zero-order valence-electron chi connectivity index (χ0n) is 16.6. The molecular weight excluding hydrogens is 424 g/mol. The molecule has 1 amide bonds. The summed E-state index contributed by atoms with van der Waals surface area (Å²) in [5.41, 5.74) is 0.803. The van der Waals surface area contributed by atoms with Crippen molar-refractivity contribution in [3.05, 3.63) is 59.1 Å². The van der Waals surface area contributed by atoms with Gasteiger partial charge in [-0.15, -0.1) is 0 Å². The molecule has 2 fully saturated rings. The van der Waals surface area contributed by atoms with Gasteiger partial charge in [0.2, 0.25) is 15.9 Å². The Kier molecular flexibility index (Phi) is 6.16. The minimum Gasteiger partial charge on any atom is -0.379 e. The van der Waals surface area contributed by atoms with E-state index in [1.54, 1.807) is 30.3 Å². The van der Waals surface area contributed by atoms with E-state index in [9.17, 15) is 13.2 Å². The molecule has 0 atom stereocenters. The molecule has 1 saturated carbocycles. The van der Waals surface area contributed by atoms with Gasteiger partial charge in [0.1, 0.15) is 0 Å². The Labute approximate surface area is 182 Å². The van der Waals surface area contributed by atoms with Crippen LogP contribution in [0.25, 0.3) is 0 Å². The average molecular weight is 449 g/mol. The summed E-state index contributed by atoms with van der Waals surface area (Å²) in [7, 11) is -3.62. The summed E-state index contributed by atoms with van der Waals surface area (Å²) in [6.45, 7) is 1.44. The first-order valence-electron chi connectivity index (χ1n) is 10.2. The van der Waals surface area contributed by atoms with Crippen LogP contribution in [0, 0.1) is 0 Å². The molecule has 2 aliphatic rings. The fourth-order valence-corrected chi connectivity index (χ4v) is 5.90. The van der Waals surface area contributed by atoms with Crippen LogP contribution in [-0.4, -0.2) is 44.9 Å². The lowest BCUT2D eigenvalue weighted by Crippen LogP contribution is -2.40. The Balaban J connectivity index is 1.58. The molecule has 8 heteroatoms. The first-order chi connectivity index (χ1) is 14.4. The molecule has 160 valence electrons. The number of hydrogen-bond acceptors (Lipinski definition) is 4. The van der Waals surface area contributed by atoms with Crippen LogP contribution in [0.5, 0.6) is 0 Å². The highest BCUT2D eigenvalue weighted by Crippen LogP contribution is 2.42. The van der Waals surface area contributed by atoms with Crippen molar-refractivity contribution in [1.82, 2.24) is 4.31 Å². The van der Waals surface area contributed by atoms with Crippen molar-refractivity contribution in [2.45, 2.75) is 36.0 Å². The molecule has 2 aromatic carbocycles. The normalized spacial score (nSPS) is 19.5. The number of halogens is 1. The quantitative estimate of drug-likeness (QED) is 0.754. The molecule has 0 bridgehead atoms. The summed E-state index contributed by atoms with van der Waals surface area (Å²) in [6, 6.07) is 13.9. The van der Waals surface area contributed by atoms with Gasteiger partial charge >= 0.3 is 0 Å². The summed E-state index contributed by atoms with van der Waals surface area (Å²) in [5, 5.41) is 3.61. The van der Waals surface area contributed by atoms with Gasteiger partial charge in [0.05, 0.1) is 23.5 Å². The first kappa shape index (κ1) is 21.3. The van der Waals surface area contributed by atoms with E-state index in [-0.39, 0.29) is 10.8 Å². The maximum Gasteiger partial charge on any atom is 0.243 e. The molecule has 4 rings (SSSR count). The van der Waals surface area contributed by atoms with E-state index in [4.69, 9.17) is 16.3 Å². The molecule has 6 nitrogen and oxygen atoms in total. The zero-order chi connectivity index (χ0) is 21.2. The van der Waals surface area contributed by atoms with Crippen molar-refractivity contribution in [2.24, 2.45) is 0 Å². The molecule has 2 aromatic rings. The van der Waals surface area contributed by atoms with Crippen LogP contribution in [0.1, 0.15) is 31.2 Å². The molecule has 1 N–H and O–H groups in total. The Morgan fingerprint density at radius 3 is 2.37 bits per heavy atom. The third-order valence-corrected chi connectivity index (χ3v) is 8.13. The van der Waals surface area contributed by atoms with Crippen LogP contribution in [-0.2, 0) is 25.0 Å². The fraction of sp³-hybridized carbons (Fsp3) is 0.409. The van der Waals surface area contributed by atoms with E-state index in [2.05, 4.69) is 5.32 Å². The predicted molar refractivity (Wildman–Crippen MR) is 116 cm³/mol. The van der Waals surface area contributed by atoms with Crippen LogP contribution in [0.4, 0.5) is 5.69 Å². The molecule has 0 spiro atoms. The zero-order valence-corrected chi connectivity index (χ0v) is 18.2. The molecule has 1 aliphatic carbocycles. The van der Waals surface area contributed by atoms with E-state index in [1.807, 2.05) is 12.1 Å². The third-order valence-electron chi connectivity index (χ3n) is 5.99. The Hall–Kier alpha value is -1.93. The largest absolute Gasteiger partial charge is 0.379 e. The van der Waals surface area contributed by atoms with Crippen molar-refractivity contribution >= 4 is 33.2 Å². The minimum absolute atomic E-state index is 0.108. The minimum atomic E-state index is -3.62. The van der Waals surface area contributed by atoms with E-state index in [0.29, 0.717) is 37.0 Å². The number of sulfonamides is 1. The van der Waals surface area contributed by atoms with Gasteiger partial charge in [0.25, 0.3) is 0 Å². The number of benzene rings is 2. The van der Waals surface area contributed by atoms with Crippen molar-refractivity contribution in [2.75, 3.05) is 31.6 Å². The number of nitrogens with one attached hydrogen (secondary N) is 1. The second kappa shape index (κ2) is 8.67. The van der Waals surface area contributed by atoms with E-state index in [1.165, 1.54) is 10.4 Å². The van der Waals surface area contributed by atoms with Gasteiger partial charge < -0.3 is 10.1 Å². The van der Waals surface area contributed by atoms with Gasteiger partial charge in [-0.05, 0) is 48.7 Å². The van der Waals surface area contributed by atoms with Crippen LogP contribution in [0.15, 0.2) is 53.4 Å². The van der Waals surface area contributed by atoms with Gasteiger partial charge in [-0.2, -0.15) is 4.31 Å². The van der Waals surface area contributed by atoms with Gasteiger partial charge in [-0.1, -0.05) is 42.6 Å². The summed E-state index contributed by atoms with van der Waals surface area (Å²) in [5.74, 6) is -0.108. The van der Waals surface area contributed by atoms with Crippen LogP contribution in [0.2, 0.25) is 5.02 Å². The fourth-order valence-electron chi connectivity index (χ4n) is 4.32. The van der Waals surface area contributed by atoms with Crippen molar-refractivity contribution in [3.63, 3.8) is 0 Å². The highest BCUT2D eigenvalue weighted by atomic mass is 35.5. The van der Waals surface area contributed by atoms with Gasteiger partial charge in [-0.3, -0.25) is 4.79 Å². The molecule has 0 unspecified atom stereocenters. The number of carbonyl (C=O) groups is 1. The average Bonchev–Trinajstić information content (AvgIpc) is 3.26. The van der Waals surface area contributed by atoms with Gasteiger partial charge in [-0.25, -0.2) is 8.42 Å². The Bertz CT molecular complexity index is 1010. The van der Waals surface area contributed by atoms with Crippen LogP contribution in [0.3, 0.4) is 0 Å². The molecule has 0 radical (unpaired) electrons. The lowest BCUT2D eigenvalue weighted by atomic mass is 9.78. The van der Waals surface area contributed by atoms with Crippen molar-refractivity contribution < 1.29 is 17.9 Å². The molecule has 0 aromatic heterocycles. The number of anilines is 1. The standard InChI is InChI=1S/C22H25ClN2O4S/c23-18-8-6-17(7-9-18)22(10-1-2-11-22)21(26)24-19-4-3-5-20(16-19)30(27,28)25-12-14-29-15-13-25/h3-9,16H,1-2,10-15H2,(H,24,26). The highest BCUT2D eigenvalue weighted by molar-refractivity contribution is 7.89. The Morgan fingerprint density at radius 2 is 1.70 bits per heavy atom. The molecule has 1 heterocycles.